The quantitative estimate of drug-likeness (QED) is 0.423. The topological polar surface area (TPSA) is 43.1 Å². The number of nitrogens with zero attached hydrogens (tertiary/aromatic N) is 1. The Bertz CT molecular complexity index is 319. The van der Waals surface area contributed by atoms with Gasteiger partial charge in [-0.3, -0.25) is 10.1 Å². The van der Waals surface area contributed by atoms with Crippen LogP contribution in [0.15, 0.2) is 40.8 Å². The van der Waals surface area contributed by atoms with Crippen LogP contribution in [0.1, 0.15) is 5.56 Å². The molecule has 0 radical (unpaired) electrons. The fraction of sp³-hybridized carbons (Fsp3) is 0.111. The zero-order valence-electron chi connectivity index (χ0n) is 7.14. The average molecular weight is 195 g/mol. The van der Waals surface area contributed by atoms with Crippen LogP contribution in [0.4, 0.5) is 0 Å². The molecule has 0 aliphatic carbocycles. The normalized spacial score (nSPS) is 10.5. The number of rotatable bonds is 3. The van der Waals surface area contributed by atoms with E-state index in [4.69, 9.17) is 0 Å². The Morgan fingerprint density at radius 3 is 2.54 bits per heavy atom. The maximum Gasteiger partial charge on any atom is 0.241 e. The maximum atomic E-state index is 9.95. The molecule has 0 bridgehead atoms. The van der Waals surface area contributed by atoms with E-state index in [1.54, 1.807) is 0 Å². The van der Waals surface area contributed by atoms with Gasteiger partial charge in [0.2, 0.25) is 6.20 Å². The summed E-state index contributed by atoms with van der Waals surface area (Å²) in [6.45, 7) is 2.00. The van der Waals surface area contributed by atoms with Gasteiger partial charge in [0.05, 0.1) is 4.92 Å². The molecule has 1 rings (SSSR count). The summed E-state index contributed by atoms with van der Waals surface area (Å²) >= 11 is 1.34. The summed E-state index contributed by atoms with van der Waals surface area (Å²) in [6.07, 6.45) is 0.935. The molecule has 0 saturated heterocycles. The minimum Gasteiger partial charge on any atom is -0.259 e. The lowest BCUT2D eigenvalue weighted by molar-refractivity contribution is -0.402. The molecule has 0 saturated carbocycles. The second kappa shape index (κ2) is 4.67. The third kappa shape index (κ3) is 3.75. The number of hydrogen-bond donors (Lipinski definition) is 0. The van der Waals surface area contributed by atoms with E-state index in [-0.39, 0.29) is 0 Å². The van der Waals surface area contributed by atoms with Gasteiger partial charge >= 0.3 is 0 Å². The van der Waals surface area contributed by atoms with Crippen LogP contribution in [0.3, 0.4) is 0 Å². The van der Waals surface area contributed by atoms with Crippen molar-refractivity contribution in [2.75, 3.05) is 0 Å². The first-order valence-corrected chi connectivity index (χ1v) is 4.60. The van der Waals surface area contributed by atoms with Crippen molar-refractivity contribution in [3.8, 4) is 0 Å². The summed E-state index contributed by atoms with van der Waals surface area (Å²) in [4.78, 5) is 10.5. The molecule has 68 valence electrons. The number of benzene rings is 1. The van der Waals surface area contributed by atoms with Crippen molar-refractivity contribution in [3.05, 3.63) is 51.6 Å². The standard InChI is InChI=1S/C9H9NO2S/c1-8-2-4-9(5-3-8)13-7-6-10(11)12/h2-7H,1H3. The molecule has 0 unspecified atom stereocenters. The van der Waals surface area contributed by atoms with Gasteiger partial charge in [0, 0.05) is 10.3 Å². The Labute approximate surface area is 80.6 Å². The Balaban J connectivity index is 2.55. The lowest BCUT2D eigenvalue weighted by Crippen LogP contribution is -1.80. The predicted octanol–water partition coefficient (Wildman–Crippen LogP) is 2.84. The Kier molecular flexibility index (Phi) is 3.52. The molecular formula is C9H9NO2S. The van der Waals surface area contributed by atoms with E-state index in [9.17, 15) is 10.1 Å². The van der Waals surface area contributed by atoms with E-state index in [1.165, 1.54) is 22.7 Å². The van der Waals surface area contributed by atoms with Gasteiger partial charge < -0.3 is 0 Å². The van der Waals surface area contributed by atoms with Crippen LogP contribution in [-0.4, -0.2) is 4.92 Å². The monoisotopic (exact) mass is 195 g/mol. The summed E-state index contributed by atoms with van der Waals surface area (Å²) in [7, 11) is 0. The fourth-order valence-electron chi connectivity index (χ4n) is 0.776. The van der Waals surface area contributed by atoms with Crippen molar-refractivity contribution in [1.82, 2.24) is 0 Å². The van der Waals surface area contributed by atoms with Gasteiger partial charge in [-0.15, -0.1) is 0 Å². The lowest BCUT2D eigenvalue weighted by Gasteiger charge is -1.94. The highest BCUT2D eigenvalue weighted by Crippen LogP contribution is 2.18. The maximum absolute atomic E-state index is 9.95. The van der Waals surface area contributed by atoms with Gasteiger partial charge in [0.25, 0.3) is 0 Å². The number of nitro groups is 1. The highest BCUT2D eigenvalue weighted by Gasteiger charge is 1.91. The van der Waals surface area contributed by atoms with Crippen LogP contribution in [-0.2, 0) is 0 Å². The molecular weight excluding hydrogens is 186 g/mol. The molecule has 1 aromatic carbocycles. The van der Waals surface area contributed by atoms with Crippen LogP contribution in [0.25, 0.3) is 0 Å². The Morgan fingerprint density at radius 1 is 1.38 bits per heavy atom. The minimum absolute atomic E-state index is 0.471. The highest BCUT2D eigenvalue weighted by molar-refractivity contribution is 8.02. The van der Waals surface area contributed by atoms with Gasteiger partial charge in [-0.1, -0.05) is 29.5 Å². The molecule has 4 heteroatoms. The third-order valence-electron chi connectivity index (χ3n) is 1.41. The molecule has 0 N–H and O–H groups in total. The molecule has 0 atom stereocenters. The van der Waals surface area contributed by atoms with E-state index in [0.717, 1.165) is 11.1 Å². The van der Waals surface area contributed by atoms with Gasteiger partial charge in [0.15, 0.2) is 0 Å². The first-order chi connectivity index (χ1) is 6.18. The molecule has 0 amide bonds. The van der Waals surface area contributed by atoms with Gasteiger partial charge in [-0.2, -0.15) is 0 Å². The average Bonchev–Trinajstić information content (AvgIpc) is 2.08. The van der Waals surface area contributed by atoms with Crippen molar-refractivity contribution in [1.29, 1.82) is 0 Å². The van der Waals surface area contributed by atoms with Gasteiger partial charge in [-0.05, 0) is 19.1 Å². The van der Waals surface area contributed by atoms with E-state index in [0.29, 0.717) is 0 Å². The Hall–Kier alpha value is -1.29. The van der Waals surface area contributed by atoms with Gasteiger partial charge in [-0.25, -0.2) is 0 Å². The molecule has 0 fully saturated rings. The molecule has 0 aliphatic heterocycles. The summed E-state index contributed by atoms with van der Waals surface area (Å²) < 4.78 is 0. The van der Waals surface area contributed by atoms with E-state index in [1.807, 2.05) is 31.2 Å². The van der Waals surface area contributed by atoms with Crippen LogP contribution in [0, 0.1) is 17.0 Å². The van der Waals surface area contributed by atoms with E-state index < -0.39 is 4.92 Å². The van der Waals surface area contributed by atoms with Crippen molar-refractivity contribution in [3.63, 3.8) is 0 Å². The van der Waals surface area contributed by atoms with Crippen LogP contribution < -0.4 is 0 Å². The van der Waals surface area contributed by atoms with Crippen molar-refractivity contribution < 1.29 is 4.92 Å². The fourth-order valence-corrected chi connectivity index (χ4v) is 1.39. The van der Waals surface area contributed by atoms with Gasteiger partial charge in [0.1, 0.15) is 0 Å². The molecule has 3 nitrogen and oxygen atoms in total. The zero-order valence-corrected chi connectivity index (χ0v) is 7.95. The lowest BCUT2D eigenvalue weighted by atomic mass is 10.2. The summed E-state index contributed by atoms with van der Waals surface area (Å²) in [5.74, 6) is 0. The zero-order chi connectivity index (χ0) is 9.68. The second-order valence-electron chi connectivity index (χ2n) is 2.50. The minimum atomic E-state index is -0.471. The first kappa shape index (κ1) is 9.80. The molecule has 0 aromatic heterocycles. The molecule has 0 aliphatic rings. The van der Waals surface area contributed by atoms with Crippen LogP contribution in [0.2, 0.25) is 0 Å². The predicted molar refractivity (Wildman–Crippen MR) is 53.2 cm³/mol. The van der Waals surface area contributed by atoms with Crippen molar-refractivity contribution in [2.24, 2.45) is 0 Å². The van der Waals surface area contributed by atoms with Crippen LogP contribution in [0.5, 0.6) is 0 Å². The summed E-state index contributed by atoms with van der Waals surface area (Å²) in [6, 6.07) is 7.82. The summed E-state index contributed by atoms with van der Waals surface area (Å²) in [5, 5.41) is 11.4. The van der Waals surface area contributed by atoms with E-state index in [2.05, 4.69) is 0 Å². The molecule has 1 aromatic rings. The summed E-state index contributed by atoms with van der Waals surface area (Å²) in [5.41, 5.74) is 1.18. The van der Waals surface area contributed by atoms with Crippen molar-refractivity contribution >= 4 is 11.8 Å². The smallest absolute Gasteiger partial charge is 0.241 e. The number of aryl methyl sites for hydroxylation is 1. The molecule has 0 heterocycles. The third-order valence-corrected chi connectivity index (χ3v) is 2.21. The van der Waals surface area contributed by atoms with E-state index >= 15 is 0 Å². The molecule has 0 spiro atoms. The van der Waals surface area contributed by atoms with Crippen LogP contribution >= 0.6 is 11.8 Å². The number of thioether (sulfide) groups is 1. The Morgan fingerprint density at radius 2 is 2.00 bits per heavy atom. The highest BCUT2D eigenvalue weighted by atomic mass is 32.2. The molecule has 13 heavy (non-hydrogen) atoms. The largest absolute Gasteiger partial charge is 0.259 e. The second-order valence-corrected chi connectivity index (χ2v) is 3.48. The first-order valence-electron chi connectivity index (χ1n) is 3.72. The SMILES string of the molecule is Cc1ccc(SC=C[N+](=O)[O-])cc1. The van der Waals surface area contributed by atoms with Crippen molar-refractivity contribution in [2.45, 2.75) is 11.8 Å². The number of hydrogen-bond acceptors (Lipinski definition) is 3.